The zero-order valence-corrected chi connectivity index (χ0v) is 10.6. The van der Waals surface area contributed by atoms with Gasteiger partial charge in [-0.3, -0.25) is 4.79 Å². The van der Waals surface area contributed by atoms with Gasteiger partial charge in [0.2, 0.25) is 5.91 Å². The van der Waals surface area contributed by atoms with E-state index in [-0.39, 0.29) is 18.3 Å². The summed E-state index contributed by atoms with van der Waals surface area (Å²) in [7, 11) is 0. The molecule has 0 bridgehead atoms. The van der Waals surface area contributed by atoms with E-state index >= 15 is 0 Å². The lowest BCUT2D eigenvalue weighted by Gasteiger charge is -2.06. The Morgan fingerprint density at radius 3 is 2.28 bits per heavy atom. The van der Waals surface area contributed by atoms with Crippen molar-refractivity contribution in [2.45, 2.75) is 6.42 Å². The predicted octanol–water partition coefficient (Wildman–Crippen LogP) is 2.87. The quantitative estimate of drug-likeness (QED) is 0.836. The molecule has 0 radical (unpaired) electrons. The van der Waals surface area contributed by atoms with Gasteiger partial charge in [-0.05, 0) is 23.8 Å². The van der Waals surface area contributed by atoms with Crippen LogP contribution < -0.4 is 11.1 Å². The molecule has 0 fully saturated rings. The van der Waals surface area contributed by atoms with Crippen molar-refractivity contribution in [3.8, 4) is 0 Å². The topological polar surface area (TPSA) is 55.1 Å². The van der Waals surface area contributed by atoms with Crippen LogP contribution in [0.3, 0.4) is 0 Å². The maximum atomic E-state index is 11.8. The summed E-state index contributed by atoms with van der Waals surface area (Å²) in [5.41, 5.74) is 8.08. The molecular weight excluding hydrogens is 248 g/mol. The molecule has 0 spiro atoms. The Bertz CT molecular complexity index is 514. The fraction of sp³-hybridized carbons (Fsp3) is 0.0714. The number of hydrogen-bond donors (Lipinski definition) is 2. The molecule has 94 valence electrons. The molecule has 0 aromatic heterocycles. The fourth-order valence-electron chi connectivity index (χ4n) is 1.59. The maximum absolute atomic E-state index is 11.8. The highest BCUT2D eigenvalue weighted by Crippen LogP contribution is 2.12. The van der Waals surface area contributed by atoms with E-state index in [0.717, 1.165) is 11.3 Å². The fourth-order valence-corrected chi connectivity index (χ4v) is 1.59. The minimum atomic E-state index is -0.0610. The summed E-state index contributed by atoms with van der Waals surface area (Å²) >= 11 is 0. The third-order valence-electron chi connectivity index (χ3n) is 2.46. The van der Waals surface area contributed by atoms with Crippen LogP contribution in [-0.2, 0) is 11.2 Å². The highest BCUT2D eigenvalue weighted by Gasteiger charge is 2.05. The average Bonchev–Trinajstić information content (AvgIpc) is 2.33. The molecule has 3 nitrogen and oxygen atoms in total. The Kier molecular flexibility index (Phi) is 5.21. The molecule has 4 heteroatoms. The molecule has 0 heterocycles. The van der Waals surface area contributed by atoms with Crippen LogP contribution in [0.5, 0.6) is 0 Å². The number of anilines is 2. The Morgan fingerprint density at radius 1 is 1.00 bits per heavy atom. The van der Waals surface area contributed by atoms with Crippen molar-refractivity contribution in [2.24, 2.45) is 0 Å². The number of benzene rings is 2. The first-order valence-electron chi connectivity index (χ1n) is 5.44. The van der Waals surface area contributed by atoms with Crippen molar-refractivity contribution in [2.75, 3.05) is 11.1 Å². The third kappa shape index (κ3) is 3.79. The second kappa shape index (κ2) is 6.67. The minimum absolute atomic E-state index is 0. The van der Waals surface area contributed by atoms with Gasteiger partial charge in [-0.25, -0.2) is 0 Å². The van der Waals surface area contributed by atoms with Gasteiger partial charge in [0.05, 0.1) is 6.42 Å². The zero-order valence-electron chi connectivity index (χ0n) is 9.80. The highest BCUT2D eigenvalue weighted by molar-refractivity contribution is 5.92. The van der Waals surface area contributed by atoms with Crippen molar-refractivity contribution < 1.29 is 4.79 Å². The summed E-state index contributed by atoms with van der Waals surface area (Å²) in [6.45, 7) is 0. The number of nitrogen functional groups attached to an aromatic ring is 1. The number of rotatable bonds is 3. The number of hydrogen-bond acceptors (Lipinski definition) is 2. The highest BCUT2D eigenvalue weighted by atomic mass is 35.5. The zero-order chi connectivity index (χ0) is 12.1. The summed E-state index contributed by atoms with van der Waals surface area (Å²) in [5, 5.41) is 2.82. The third-order valence-corrected chi connectivity index (χ3v) is 2.46. The monoisotopic (exact) mass is 262 g/mol. The van der Waals surface area contributed by atoms with Gasteiger partial charge in [0, 0.05) is 11.4 Å². The smallest absolute Gasteiger partial charge is 0.228 e. The van der Waals surface area contributed by atoms with Crippen molar-refractivity contribution >= 4 is 29.7 Å². The van der Waals surface area contributed by atoms with Crippen LogP contribution in [0.1, 0.15) is 5.56 Å². The number of carbonyl (C=O) groups is 1. The van der Waals surface area contributed by atoms with E-state index in [0.29, 0.717) is 12.1 Å². The van der Waals surface area contributed by atoms with E-state index in [9.17, 15) is 4.79 Å². The second-order valence-electron chi connectivity index (χ2n) is 3.79. The molecule has 0 saturated heterocycles. The van der Waals surface area contributed by atoms with Crippen molar-refractivity contribution in [3.63, 3.8) is 0 Å². The molecule has 2 aromatic rings. The number of carbonyl (C=O) groups excluding carboxylic acids is 1. The molecule has 0 unspecified atom stereocenters. The minimum Gasteiger partial charge on any atom is -0.398 e. The Labute approximate surface area is 112 Å². The molecule has 2 rings (SSSR count). The van der Waals surface area contributed by atoms with E-state index in [1.165, 1.54) is 0 Å². The summed E-state index contributed by atoms with van der Waals surface area (Å²) in [4.78, 5) is 11.8. The molecule has 0 aliphatic rings. The van der Waals surface area contributed by atoms with Gasteiger partial charge in [0.1, 0.15) is 0 Å². The molecule has 1 amide bonds. The van der Waals surface area contributed by atoms with Crippen molar-refractivity contribution in [1.82, 2.24) is 0 Å². The Hall–Kier alpha value is -2.00. The predicted molar refractivity (Wildman–Crippen MR) is 76.9 cm³/mol. The molecule has 0 aliphatic heterocycles. The van der Waals surface area contributed by atoms with E-state index < -0.39 is 0 Å². The van der Waals surface area contributed by atoms with Crippen LogP contribution in [-0.4, -0.2) is 5.91 Å². The number of nitrogens with one attached hydrogen (secondary N) is 1. The number of halogens is 1. The van der Waals surface area contributed by atoms with E-state index in [1.807, 2.05) is 48.5 Å². The first kappa shape index (κ1) is 14.1. The van der Waals surface area contributed by atoms with E-state index in [4.69, 9.17) is 5.73 Å². The molecule has 2 aromatic carbocycles. The molecular formula is C14H15ClN2O. The summed E-state index contributed by atoms with van der Waals surface area (Å²) in [6.07, 6.45) is 0.293. The first-order valence-corrected chi connectivity index (χ1v) is 5.44. The SMILES string of the molecule is Cl.Nc1ccccc1CC(=O)Nc1ccccc1. The van der Waals surface area contributed by atoms with Gasteiger partial charge in [0.15, 0.2) is 0 Å². The number of amides is 1. The summed E-state index contributed by atoms with van der Waals surface area (Å²) < 4.78 is 0. The van der Waals surface area contributed by atoms with Crippen LogP contribution in [0.4, 0.5) is 11.4 Å². The largest absolute Gasteiger partial charge is 0.398 e. The molecule has 0 aliphatic carbocycles. The van der Waals surface area contributed by atoms with Gasteiger partial charge in [-0.2, -0.15) is 0 Å². The molecule has 0 saturated carbocycles. The number of para-hydroxylation sites is 2. The molecule has 18 heavy (non-hydrogen) atoms. The Balaban J connectivity index is 0.00000162. The van der Waals surface area contributed by atoms with Crippen molar-refractivity contribution in [3.05, 3.63) is 60.2 Å². The van der Waals surface area contributed by atoms with Gasteiger partial charge in [0.25, 0.3) is 0 Å². The standard InChI is InChI=1S/C14H14N2O.ClH/c15-13-9-5-4-6-11(13)10-14(17)16-12-7-2-1-3-8-12;/h1-9H,10,15H2,(H,16,17);1H. The maximum Gasteiger partial charge on any atom is 0.228 e. The lowest BCUT2D eigenvalue weighted by Crippen LogP contribution is -2.15. The molecule has 3 N–H and O–H groups in total. The first-order chi connectivity index (χ1) is 8.25. The summed E-state index contributed by atoms with van der Waals surface area (Å²) in [5.74, 6) is -0.0610. The van der Waals surface area contributed by atoms with Crippen LogP contribution >= 0.6 is 12.4 Å². The van der Waals surface area contributed by atoms with Crippen LogP contribution in [0, 0.1) is 0 Å². The van der Waals surface area contributed by atoms with Crippen LogP contribution in [0.15, 0.2) is 54.6 Å². The van der Waals surface area contributed by atoms with Crippen LogP contribution in [0.2, 0.25) is 0 Å². The summed E-state index contributed by atoms with van der Waals surface area (Å²) in [6, 6.07) is 16.8. The van der Waals surface area contributed by atoms with Gasteiger partial charge >= 0.3 is 0 Å². The van der Waals surface area contributed by atoms with Gasteiger partial charge in [-0.1, -0.05) is 36.4 Å². The normalized spacial score (nSPS) is 9.33. The van der Waals surface area contributed by atoms with E-state index in [2.05, 4.69) is 5.32 Å². The van der Waals surface area contributed by atoms with Gasteiger partial charge in [-0.15, -0.1) is 12.4 Å². The Morgan fingerprint density at radius 2 is 1.61 bits per heavy atom. The van der Waals surface area contributed by atoms with Crippen molar-refractivity contribution in [1.29, 1.82) is 0 Å². The number of nitrogens with two attached hydrogens (primary N) is 1. The lowest BCUT2D eigenvalue weighted by molar-refractivity contribution is -0.115. The average molecular weight is 263 g/mol. The molecule has 0 atom stereocenters. The lowest BCUT2D eigenvalue weighted by atomic mass is 10.1. The van der Waals surface area contributed by atoms with E-state index in [1.54, 1.807) is 6.07 Å². The van der Waals surface area contributed by atoms with Crippen LogP contribution in [0.25, 0.3) is 0 Å². The van der Waals surface area contributed by atoms with Gasteiger partial charge < -0.3 is 11.1 Å². The second-order valence-corrected chi connectivity index (χ2v) is 3.79.